The number of sulfonamides is 1. The first-order valence-corrected chi connectivity index (χ1v) is 12.8. The number of rotatable bonds is 6. The molecule has 35 heavy (non-hydrogen) atoms. The zero-order valence-corrected chi connectivity index (χ0v) is 20.4. The van der Waals surface area contributed by atoms with Gasteiger partial charge in [-0.15, -0.1) is 0 Å². The molecule has 3 aromatic rings. The first-order valence-electron chi connectivity index (χ1n) is 10.8. The van der Waals surface area contributed by atoms with Gasteiger partial charge in [-0.2, -0.15) is 0 Å². The second-order valence-corrected chi connectivity index (χ2v) is 10.0. The number of halogens is 2. The van der Waals surface area contributed by atoms with Crippen molar-refractivity contribution < 1.29 is 22.3 Å². The Bertz CT molecular complexity index is 1330. The van der Waals surface area contributed by atoms with Gasteiger partial charge in [0.1, 0.15) is 16.6 Å². The van der Waals surface area contributed by atoms with Crippen molar-refractivity contribution in [2.24, 2.45) is 5.14 Å². The Kier molecular flexibility index (Phi) is 7.25. The van der Waals surface area contributed by atoms with Crippen LogP contribution in [0, 0.1) is 5.82 Å². The molecule has 1 saturated heterocycles. The molecule has 2 heterocycles. The van der Waals surface area contributed by atoms with Gasteiger partial charge in [0.2, 0.25) is 0 Å². The number of anilines is 2. The maximum absolute atomic E-state index is 13.4. The number of nitrogens with zero attached hydrogens (tertiary/aromatic N) is 2. The lowest BCUT2D eigenvalue weighted by Crippen LogP contribution is -2.38. The van der Waals surface area contributed by atoms with Gasteiger partial charge in [0, 0.05) is 25.0 Å². The first-order chi connectivity index (χ1) is 16.7. The molecule has 1 aromatic heterocycles. The number of pyridine rings is 1. The SMILES string of the molecule is COc1ccc(Nc2c(C(=O)N3CCC(c4ccc(F)cc4)CC3)cnc(S(N)(=O)=O)c2Cl)cc1. The van der Waals surface area contributed by atoms with E-state index in [0.717, 1.165) is 5.56 Å². The largest absolute Gasteiger partial charge is 0.497 e. The predicted octanol–water partition coefficient (Wildman–Crippen LogP) is 4.29. The van der Waals surface area contributed by atoms with Crippen LogP contribution in [0.15, 0.2) is 59.8 Å². The van der Waals surface area contributed by atoms with Crippen molar-refractivity contribution in [1.82, 2.24) is 9.88 Å². The fraction of sp³-hybridized carbons (Fsp3) is 0.250. The second-order valence-electron chi connectivity index (χ2n) is 8.18. The number of aromatic nitrogens is 1. The molecule has 0 saturated carbocycles. The summed E-state index contributed by atoms with van der Waals surface area (Å²) in [6.45, 7) is 0.939. The average molecular weight is 519 g/mol. The van der Waals surface area contributed by atoms with E-state index in [4.69, 9.17) is 21.5 Å². The molecule has 2 aromatic carbocycles. The molecule has 1 aliphatic heterocycles. The lowest BCUT2D eigenvalue weighted by Gasteiger charge is -2.32. The second kappa shape index (κ2) is 10.2. The standard InChI is InChI=1S/C24H24ClFN4O4S/c1-34-19-8-6-18(7-9-19)29-22-20(14-28-23(21(22)25)35(27,32)33)24(31)30-12-10-16(11-13-30)15-2-4-17(26)5-3-15/h2-9,14,16H,10-13H2,1H3,(H,28,29)(H2,27,32,33). The Labute approximate surface area is 207 Å². The lowest BCUT2D eigenvalue weighted by molar-refractivity contribution is 0.0713. The monoisotopic (exact) mass is 518 g/mol. The summed E-state index contributed by atoms with van der Waals surface area (Å²) < 4.78 is 42.4. The normalized spacial score (nSPS) is 14.6. The zero-order valence-electron chi connectivity index (χ0n) is 18.9. The highest BCUT2D eigenvalue weighted by atomic mass is 35.5. The van der Waals surface area contributed by atoms with Crippen molar-refractivity contribution in [1.29, 1.82) is 0 Å². The Morgan fingerprint density at radius 1 is 1.14 bits per heavy atom. The number of carbonyl (C=O) groups is 1. The molecule has 1 amide bonds. The van der Waals surface area contributed by atoms with E-state index in [2.05, 4.69) is 10.3 Å². The Morgan fingerprint density at radius 2 is 1.77 bits per heavy atom. The van der Waals surface area contributed by atoms with E-state index in [-0.39, 0.29) is 33.9 Å². The summed E-state index contributed by atoms with van der Waals surface area (Å²) in [6.07, 6.45) is 2.58. The van der Waals surface area contributed by atoms with Crippen LogP contribution in [0.1, 0.15) is 34.7 Å². The van der Waals surface area contributed by atoms with Crippen molar-refractivity contribution >= 4 is 38.9 Å². The molecule has 0 bridgehead atoms. The number of hydrogen-bond acceptors (Lipinski definition) is 6. The number of benzene rings is 2. The summed E-state index contributed by atoms with van der Waals surface area (Å²) in [6, 6.07) is 13.2. The molecule has 0 radical (unpaired) electrons. The maximum atomic E-state index is 13.4. The number of amides is 1. The average Bonchev–Trinajstić information content (AvgIpc) is 2.85. The van der Waals surface area contributed by atoms with Crippen molar-refractivity contribution in [2.75, 3.05) is 25.5 Å². The van der Waals surface area contributed by atoms with E-state index in [9.17, 15) is 17.6 Å². The van der Waals surface area contributed by atoms with Gasteiger partial charge in [-0.3, -0.25) is 4.79 Å². The van der Waals surface area contributed by atoms with E-state index in [1.54, 1.807) is 41.3 Å². The van der Waals surface area contributed by atoms with Crippen molar-refractivity contribution in [3.8, 4) is 5.75 Å². The zero-order chi connectivity index (χ0) is 25.2. The number of piperidine rings is 1. The third-order valence-electron chi connectivity index (χ3n) is 5.97. The van der Waals surface area contributed by atoms with Crippen molar-refractivity contribution in [2.45, 2.75) is 23.8 Å². The molecule has 0 spiro atoms. The van der Waals surface area contributed by atoms with Crippen LogP contribution in [0.5, 0.6) is 5.75 Å². The molecular weight excluding hydrogens is 495 g/mol. The van der Waals surface area contributed by atoms with Crippen LogP contribution in [0.2, 0.25) is 5.02 Å². The summed E-state index contributed by atoms with van der Waals surface area (Å²) in [5.41, 5.74) is 1.81. The minimum atomic E-state index is -4.22. The maximum Gasteiger partial charge on any atom is 0.257 e. The van der Waals surface area contributed by atoms with E-state index < -0.39 is 15.0 Å². The van der Waals surface area contributed by atoms with Gasteiger partial charge in [-0.05, 0) is 60.7 Å². The molecule has 4 rings (SSSR count). The van der Waals surface area contributed by atoms with E-state index in [1.165, 1.54) is 25.4 Å². The highest BCUT2D eigenvalue weighted by Crippen LogP contribution is 2.35. The van der Waals surface area contributed by atoms with Crippen LogP contribution >= 0.6 is 11.6 Å². The highest BCUT2D eigenvalue weighted by Gasteiger charge is 2.29. The minimum absolute atomic E-state index is 0.0986. The van der Waals surface area contributed by atoms with Crippen LogP contribution in [0.3, 0.4) is 0 Å². The summed E-state index contributed by atoms with van der Waals surface area (Å²) in [7, 11) is -2.68. The van der Waals surface area contributed by atoms with Crippen LogP contribution in [-0.4, -0.2) is 44.4 Å². The molecular formula is C24H24ClFN4O4S. The van der Waals surface area contributed by atoms with E-state index >= 15 is 0 Å². The quantitative estimate of drug-likeness (QED) is 0.503. The number of likely N-dealkylation sites (tertiary alicyclic amines) is 1. The number of hydrogen-bond donors (Lipinski definition) is 2. The van der Waals surface area contributed by atoms with Crippen LogP contribution in [-0.2, 0) is 10.0 Å². The lowest BCUT2D eigenvalue weighted by atomic mass is 9.89. The van der Waals surface area contributed by atoms with Gasteiger partial charge in [0.05, 0.1) is 18.4 Å². The highest BCUT2D eigenvalue weighted by molar-refractivity contribution is 7.89. The molecule has 3 N–H and O–H groups in total. The number of carbonyl (C=O) groups excluding carboxylic acids is 1. The Balaban J connectivity index is 1.61. The van der Waals surface area contributed by atoms with Crippen LogP contribution < -0.4 is 15.2 Å². The van der Waals surface area contributed by atoms with Crippen molar-refractivity contribution in [3.05, 3.63) is 76.7 Å². The molecule has 8 nitrogen and oxygen atoms in total. The van der Waals surface area contributed by atoms with Gasteiger partial charge in [-0.25, -0.2) is 22.9 Å². The smallest absolute Gasteiger partial charge is 0.257 e. The number of nitrogens with two attached hydrogens (primary N) is 1. The summed E-state index contributed by atoms with van der Waals surface area (Å²) >= 11 is 6.40. The Hall–Kier alpha value is -3.21. The van der Waals surface area contributed by atoms with E-state index in [0.29, 0.717) is 37.4 Å². The van der Waals surface area contributed by atoms with Gasteiger partial charge in [0.25, 0.3) is 15.9 Å². The van der Waals surface area contributed by atoms with Gasteiger partial charge in [-0.1, -0.05) is 23.7 Å². The van der Waals surface area contributed by atoms with Crippen LogP contribution in [0.4, 0.5) is 15.8 Å². The first kappa shape index (κ1) is 24.9. The van der Waals surface area contributed by atoms with Gasteiger partial charge >= 0.3 is 0 Å². The molecule has 11 heteroatoms. The van der Waals surface area contributed by atoms with E-state index in [1.807, 2.05) is 0 Å². The fourth-order valence-electron chi connectivity index (χ4n) is 4.09. The molecule has 184 valence electrons. The predicted molar refractivity (Wildman–Crippen MR) is 131 cm³/mol. The molecule has 1 aliphatic rings. The van der Waals surface area contributed by atoms with Crippen LogP contribution in [0.25, 0.3) is 0 Å². The third kappa shape index (κ3) is 5.55. The number of primary sulfonamides is 1. The van der Waals surface area contributed by atoms with Gasteiger partial charge < -0.3 is 15.0 Å². The minimum Gasteiger partial charge on any atom is -0.497 e. The summed E-state index contributed by atoms with van der Waals surface area (Å²) in [5, 5.41) is 7.51. The van der Waals surface area contributed by atoms with Crippen molar-refractivity contribution in [3.63, 3.8) is 0 Å². The van der Waals surface area contributed by atoms with Gasteiger partial charge in [0.15, 0.2) is 5.03 Å². The molecule has 0 unspecified atom stereocenters. The Morgan fingerprint density at radius 3 is 2.34 bits per heavy atom. The number of ether oxygens (including phenoxy) is 1. The third-order valence-corrected chi connectivity index (χ3v) is 7.30. The fourth-order valence-corrected chi connectivity index (χ4v) is 5.16. The molecule has 0 aliphatic carbocycles. The summed E-state index contributed by atoms with van der Waals surface area (Å²) in [5.74, 6) is 0.212. The number of nitrogens with one attached hydrogen (secondary N) is 1. The molecule has 1 fully saturated rings. The molecule has 0 atom stereocenters. The topological polar surface area (TPSA) is 115 Å². The summed E-state index contributed by atoms with van der Waals surface area (Å²) in [4.78, 5) is 19.0. The number of methoxy groups -OCH3 is 1.